The Morgan fingerprint density at radius 2 is 1.25 bits per heavy atom. The van der Waals surface area contributed by atoms with Crippen LogP contribution in [0.1, 0.15) is 153 Å². The van der Waals surface area contributed by atoms with Crippen molar-refractivity contribution >= 4 is 29.1 Å². The van der Waals surface area contributed by atoms with Crippen molar-refractivity contribution < 1.29 is 44.8 Å². The number of ether oxygens (including phenoxy) is 1. The van der Waals surface area contributed by atoms with E-state index in [9.17, 15) is 19.8 Å². The molecule has 0 saturated heterocycles. The molecule has 8 aliphatic carbocycles. The van der Waals surface area contributed by atoms with Crippen LogP contribution >= 0.6 is 0 Å². The Bertz CT molecular complexity index is 1420. The van der Waals surface area contributed by atoms with Crippen molar-refractivity contribution in [2.24, 2.45) is 80.8 Å². The minimum Gasteiger partial charge on any atom is -1.00 e. The first-order chi connectivity index (χ1) is 24.2. The van der Waals surface area contributed by atoms with E-state index in [1.807, 2.05) is 0 Å². The molecule has 0 aliphatic heterocycles. The number of ketones is 1. The Hall–Kier alpha value is -0.330. The van der Waals surface area contributed by atoms with E-state index in [4.69, 9.17) is 4.74 Å². The van der Waals surface area contributed by atoms with E-state index >= 15 is 0 Å². The van der Waals surface area contributed by atoms with Crippen LogP contribution in [-0.4, -0.2) is 58.6 Å². The zero-order valence-corrected chi connectivity index (χ0v) is 34.4. The third-order valence-corrected chi connectivity index (χ3v) is 18.2. The Labute approximate surface area is 346 Å². The molecule has 6 fully saturated rings. The van der Waals surface area contributed by atoms with E-state index in [0.717, 1.165) is 60.7 Å². The van der Waals surface area contributed by atoms with E-state index in [1.54, 1.807) is 11.1 Å². The Morgan fingerprint density at radius 3 is 1.75 bits per heavy atom. The molecule has 8 aliphatic rings. The van der Waals surface area contributed by atoms with Crippen LogP contribution in [-0.2, 0) is 14.3 Å². The van der Waals surface area contributed by atoms with Gasteiger partial charge in [0.05, 0.1) is 12.7 Å². The van der Waals surface area contributed by atoms with Crippen molar-refractivity contribution in [3.8, 4) is 0 Å². The molecule has 15 atom stereocenters. The van der Waals surface area contributed by atoms with Crippen LogP contribution in [0.5, 0.6) is 0 Å². The smallest absolute Gasteiger partial charge is 1.00 e. The number of hydrogen-bond donors (Lipinski definition) is 2. The summed E-state index contributed by atoms with van der Waals surface area (Å²) < 4.78 is 5.05. The number of hydrogen-bond acceptors (Lipinski definition) is 5. The molecule has 7 unspecified atom stereocenters. The molecule has 53 heavy (non-hydrogen) atoms. The molecule has 8 rings (SSSR count). The molecule has 7 heteroatoms. The third kappa shape index (κ3) is 7.47. The second-order valence-electron chi connectivity index (χ2n) is 20.6. The normalized spacial score (nSPS) is 47.0. The summed E-state index contributed by atoms with van der Waals surface area (Å²) in [5, 5.41) is 19.9. The second-order valence-corrected chi connectivity index (χ2v) is 20.6. The average Bonchev–Trinajstić information content (AvgIpc) is 3.64. The summed E-state index contributed by atoms with van der Waals surface area (Å²) in [5.41, 5.74) is 4.71. The zero-order chi connectivity index (χ0) is 36.5. The molecule has 6 saturated carbocycles. The van der Waals surface area contributed by atoms with Crippen LogP contribution in [0.25, 0.3) is 0 Å². The van der Waals surface area contributed by atoms with Gasteiger partial charge in [-0.15, -0.1) is 0 Å². The molecule has 2 N–H and O–H groups in total. The minimum atomic E-state index is -0.516. The fourth-order valence-corrected chi connectivity index (χ4v) is 15.3. The van der Waals surface area contributed by atoms with E-state index < -0.39 is 6.10 Å². The van der Waals surface area contributed by atoms with Gasteiger partial charge in [-0.1, -0.05) is 64.8 Å². The first-order valence-electron chi connectivity index (χ1n) is 21.5. The molecular formula is C46H76AlLiO5. The monoisotopic (exact) mass is 743 g/mol. The number of aliphatic hydroxyl groups is 2. The standard InChI is InChI=1S/C24H36O3.C22H36O2.Al.Li.4H/c1-15-9-11-23(3)17(13-15)5-6-18-19-7-8-21(22(26)14-27-16(2)25)24(19,4)12-10-20(18)23;1-14-8-10-21(2)15(12-14)4-5-16-17-6-7-19(20(24)13-23)22(17,3)11-9-18(16)21;;;;;;/h5,15,18-21H,6-14H2,1-4H3;4,14,16-20,23-24H,5-13H2,1-3H3;;;;;;/q;;;+1;;;;-1/t15-,18?,19?,20?,21+,23-,24-;14-,16?,17?,18?,19+,20?,21-,22-;;;;;;/m00....../s1. The van der Waals surface area contributed by atoms with Gasteiger partial charge in [-0.2, -0.15) is 0 Å². The number of carbonyl (C=O) groups excluding carboxylic acids is 2. The van der Waals surface area contributed by atoms with Crippen LogP contribution in [0.3, 0.4) is 0 Å². The van der Waals surface area contributed by atoms with Gasteiger partial charge < -0.3 is 16.4 Å². The molecule has 0 spiro atoms. The largest absolute Gasteiger partial charge is 1.00 e. The molecule has 0 radical (unpaired) electrons. The molecule has 294 valence electrons. The number of esters is 1. The van der Waals surface area contributed by atoms with Gasteiger partial charge in [0.15, 0.2) is 23.1 Å². The Morgan fingerprint density at radius 1 is 0.755 bits per heavy atom. The van der Waals surface area contributed by atoms with Gasteiger partial charge in [0.25, 0.3) is 0 Å². The fraction of sp³-hybridized carbons (Fsp3) is 0.870. The van der Waals surface area contributed by atoms with Gasteiger partial charge in [-0.25, -0.2) is 0 Å². The number of Topliss-reactive ketones (excluding diaryl/α,β-unsaturated/α-hetero) is 1. The van der Waals surface area contributed by atoms with Crippen LogP contribution < -0.4 is 18.9 Å². The predicted octanol–water partition coefficient (Wildman–Crippen LogP) is 5.82. The van der Waals surface area contributed by atoms with Crippen molar-refractivity contribution in [1.29, 1.82) is 0 Å². The van der Waals surface area contributed by atoms with Crippen LogP contribution in [0, 0.1) is 80.8 Å². The van der Waals surface area contributed by atoms with Gasteiger partial charge in [0.1, 0.15) is 6.61 Å². The number of carbonyl (C=O) groups is 2. The SMILES string of the molecule is CC(=O)OCC(=O)[C@H]1CCC2C3CC=C4C[C@@H](C)CC[C@]4(C)C3CC[C@@]21C.C[C@H]1CC[C@@]2(C)C(=CCC3C2CC[C@@]2(C)C3CC[C@@H]2C(O)CO)C1.[AlH3].[H-].[Li+]. The Kier molecular flexibility index (Phi) is 13.6. The molecule has 0 amide bonds. The summed E-state index contributed by atoms with van der Waals surface area (Å²) in [6.45, 7) is 16.0. The maximum absolute atomic E-state index is 12.8. The Balaban J connectivity index is 0.000000229. The summed E-state index contributed by atoms with van der Waals surface area (Å²) in [4.78, 5) is 23.9. The number of rotatable bonds is 5. The summed E-state index contributed by atoms with van der Waals surface area (Å²) in [7, 11) is 0. The van der Waals surface area contributed by atoms with Gasteiger partial charge in [0.2, 0.25) is 0 Å². The topological polar surface area (TPSA) is 83.8 Å². The summed E-state index contributed by atoms with van der Waals surface area (Å²) in [6, 6.07) is 0. The first kappa shape index (κ1) is 43.8. The predicted molar refractivity (Wildman–Crippen MR) is 214 cm³/mol. The fourth-order valence-electron chi connectivity index (χ4n) is 15.3. The van der Waals surface area contributed by atoms with Crippen molar-refractivity contribution in [2.45, 2.75) is 157 Å². The summed E-state index contributed by atoms with van der Waals surface area (Å²) in [6.07, 6.45) is 24.8. The molecule has 0 aromatic rings. The molecule has 0 aromatic carbocycles. The summed E-state index contributed by atoms with van der Waals surface area (Å²) in [5.74, 6) is 6.47. The van der Waals surface area contributed by atoms with E-state index in [1.165, 1.54) is 90.4 Å². The molecular weight excluding hydrogens is 666 g/mol. The van der Waals surface area contributed by atoms with Crippen LogP contribution in [0.2, 0.25) is 0 Å². The van der Waals surface area contributed by atoms with E-state index in [-0.39, 0.29) is 79.4 Å². The maximum atomic E-state index is 12.8. The second kappa shape index (κ2) is 16.5. The van der Waals surface area contributed by atoms with Gasteiger partial charge >= 0.3 is 24.8 Å². The minimum absolute atomic E-state index is 0. The van der Waals surface area contributed by atoms with Gasteiger partial charge in [0, 0.05) is 12.8 Å². The average molecular weight is 743 g/mol. The van der Waals surface area contributed by atoms with E-state index in [2.05, 4.69) is 53.7 Å². The third-order valence-electron chi connectivity index (χ3n) is 18.2. The van der Waals surface area contributed by atoms with Crippen LogP contribution in [0.15, 0.2) is 23.3 Å². The zero-order valence-electron chi connectivity index (χ0n) is 35.4. The van der Waals surface area contributed by atoms with Crippen molar-refractivity contribution in [3.05, 3.63) is 23.3 Å². The van der Waals surface area contributed by atoms with Gasteiger partial charge in [-0.3, -0.25) is 9.59 Å². The van der Waals surface area contributed by atoms with Crippen molar-refractivity contribution in [3.63, 3.8) is 0 Å². The molecule has 0 bridgehead atoms. The number of fused-ring (bicyclic) bond motifs is 10. The summed E-state index contributed by atoms with van der Waals surface area (Å²) >= 11 is 0. The van der Waals surface area contributed by atoms with E-state index in [0.29, 0.717) is 22.7 Å². The first-order valence-corrected chi connectivity index (χ1v) is 21.5. The molecule has 0 aromatic heterocycles. The molecule has 5 nitrogen and oxygen atoms in total. The van der Waals surface area contributed by atoms with Crippen molar-refractivity contribution in [1.82, 2.24) is 0 Å². The van der Waals surface area contributed by atoms with Crippen LogP contribution in [0.4, 0.5) is 0 Å². The molecule has 0 heterocycles. The maximum Gasteiger partial charge on any atom is 1.00 e. The quantitative estimate of drug-likeness (QED) is 0.211. The number of aliphatic hydroxyl groups excluding tert-OH is 2. The number of allylic oxidation sites excluding steroid dienone is 4. The van der Waals surface area contributed by atoms with Crippen molar-refractivity contribution in [2.75, 3.05) is 13.2 Å². The van der Waals surface area contributed by atoms with Gasteiger partial charge in [-0.05, 0) is 178 Å².